The van der Waals surface area contributed by atoms with Crippen molar-refractivity contribution >= 4 is 11.6 Å². The van der Waals surface area contributed by atoms with Gasteiger partial charge in [0.25, 0.3) is 0 Å². The van der Waals surface area contributed by atoms with Gasteiger partial charge in [-0.1, -0.05) is 11.6 Å². The zero-order valence-corrected chi connectivity index (χ0v) is 12.2. The highest BCUT2D eigenvalue weighted by molar-refractivity contribution is 6.30. The molecule has 0 aromatic heterocycles. The fourth-order valence-electron chi connectivity index (χ4n) is 1.58. The van der Waals surface area contributed by atoms with E-state index < -0.39 is 6.10 Å². The maximum absolute atomic E-state index is 9.75. The van der Waals surface area contributed by atoms with E-state index in [1.165, 1.54) is 0 Å². The van der Waals surface area contributed by atoms with E-state index in [-0.39, 0.29) is 12.7 Å². The molecule has 0 spiro atoms. The highest BCUT2D eigenvalue weighted by Crippen LogP contribution is 2.15. The van der Waals surface area contributed by atoms with E-state index in [9.17, 15) is 5.11 Å². The summed E-state index contributed by atoms with van der Waals surface area (Å²) >= 11 is 5.77. The largest absolute Gasteiger partial charge is 0.491 e. The molecule has 1 aromatic carbocycles. The van der Waals surface area contributed by atoms with E-state index in [0.717, 1.165) is 0 Å². The monoisotopic (exact) mass is 287 g/mol. The highest BCUT2D eigenvalue weighted by atomic mass is 35.5. The lowest BCUT2D eigenvalue weighted by Crippen LogP contribution is -2.35. The molecule has 0 fully saturated rings. The SMILES string of the molecule is CCOC(C)CNCC(O)COc1ccc(Cl)cc1. The number of benzene rings is 1. The van der Waals surface area contributed by atoms with Crippen molar-refractivity contribution in [3.8, 4) is 5.75 Å². The smallest absolute Gasteiger partial charge is 0.119 e. The van der Waals surface area contributed by atoms with E-state index in [1.54, 1.807) is 24.3 Å². The number of halogens is 1. The normalized spacial score (nSPS) is 14.1. The van der Waals surface area contributed by atoms with Crippen molar-refractivity contribution in [2.45, 2.75) is 26.1 Å². The molecule has 0 amide bonds. The molecule has 0 aliphatic carbocycles. The molecule has 2 unspecified atom stereocenters. The molecule has 4 nitrogen and oxygen atoms in total. The molecule has 1 aromatic rings. The van der Waals surface area contributed by atoms with Gasteiger partial charge in [-0.2, -0.15) is 0 Å². The molecule has 5 heteroatoms. The van der Waals surface area contributed by atoms with Crippen molar-refractivity contribution in [1.29, 1.82) is 0 Å². The fraction of sp³-hybridized carbons (Fsp3) is 0.571. The first-order chi connectivity index (χ1) is 9.11. The summed E-state index contributed by atoms with van der Waals surface area (Å²) in [5.74, 6) is 0.700. The summed E-state index contributed by atoms with van der Waals surface area (Å²) in [7, 11) is 0. The Morgan fingerprint density at radius 2 is 1.95 bits per heavy atom. The third-order valence-corrected chi connectivity index (χ3v) is 2.77. The van der Waals surface area contributed by atoms with E-state index in [0.29, 0.717) is 30.5 Å². The van der Waals surface area contributed by atoms with Crippen molar-refractivity contribution in [2.75, 3.05) is 26.3 Å². The molecule has 108 valence electrons. The molecular formula is C14H22ClNO3. The van der Waals surface area contributed by atoms with Gasteiger partial charge in [-0.25, -0.2) is 0 Å². The number of ether oxygens (including phenoxy) is 2. The van der Waals surface area contributed by atoms with Gasteiger partial charge in [0.15, 0.2) is 0 Å². The number of rotatable bonds is 9. The minimum atomic E-state index is -0.551. The van der Waals surface area contributed by atoms with Crippen LogP contribution in [0.5, 0.6) is 5.75 Å². The maximum Gasteiger partial charge on any atom is 0.119 e. The van der Waals surface area contributed by atoms with Gasteiger partial charge in [-0.05, 0) is 38.1 Å². The Balaban J connectivity index is 2.14. The quantitative estimate of drug-likeness (QED) is 0.730. The minimum Gasteiger partial charge on any atom is -0.491 e. The average Bonchev–Trinajstić information content (AvgIpc) is 2.38. The first-order valence-electron chi connectivity index (χ1n) is 6.50. The van der Waals surface area contributed by atoms with Gasteiger partial charge in [0.05, 0.1) is 6.10 Å². The number of hydrogen-bond acceptors (Lipinski definition) is 4. The second-order valence-electron chi connectivity index (χ2n) is 4.34. The van der Waals surface area contributed by atoms with Crippen LogP contribution in [0.15, 0.2) is 24.3 Å². The molecule has 0 saturated heterocycles. The van der Waals surface area contributed by atoms with Crippen LogP contribution in [0.4, 0.5) is 0 Å². The Labute approximate surface area is 119 Å². The van der Waals surface area contributed by atoms with Crippen LogP contribution in [0.1, 0.15) is 13.8 Å². The lowest BCUT2D eigenvalue weighted by atomic mass is 10.3. The van der Waals surface area contributed by atoms with Crippen molar-refractivity contribution in [3.05, 3.63) is 29.3 Å². The lowest BCUT2D eigenvalue weighted by molar-refractivity contribution is 0.0672. The number of aliphatic hydroxyl groups excluding tert-OH is 1. The van der Waals surface area contributed by atoms with E-state index in [4.69, 9.17) is 21.1 Å². The van der Waals surface area contributed by atoms with Crippen LogP contribution < -0.4 is 10.1 Å². The molecule has 0 radical (unpaired) electrons. The van der Waals surface area contributed by atoms with Crippen LogP contribution in [0.3, 0.4) is 0 Å². The highest BCUT2D eigenvalue weighted by Gasteiger charge is 2.06. The topological polar surface area (TPSA) is 50.7 Å². The molecule has 1 rings (SSSR count). The predicted octanol–water partition coefficient (Wildman–Crippen LogP) is 2.09. The zero-order chi connectivity index (χ0) is 14.1. The van der Waals surface area contributed by atoms with Crippen LogP contribution in [-0.2, 0) is 4.74 Å². The van der Waals surface area contributed by atoms with Crippen LogP contribution >= 0.6 is 11.6 Å². The average molecular weight is 288 g/mol. The van der Waals surface area contributed by atoms with Crippen LogP contribution in [-0.4, -0.2) is 43.6 Å². The first kappa shape index (κ1) is 16.2. The van der Waals surface area contributed by atoms with Crippen molar-refractivity contribution in [1.82, 2.24) is 5.32 Å². The summed E-state index contributed by atoms with van der Waals surface area (Å²) in [6.45, 7) is 6.10. The minimum absolute atomic E-state index is 0.148. The van der Waals surface area contributed by atoms with Gasteiger partial charge in [0.1, 0.15) is 18.5 Å². The van der Waals surface area contributed by atoms with Gasteiger partial charge in [-0.3, -0.25) is 0 Å². The Hall–Kier alpha value is -0.810. The summed E-state index contributed by atoms with van der Waals surface area (Å²) in [5.41, 5.74) is 0. The third-order valence-electron chi connectivity index (χ3n) is 2.52. The lowest BCUT2D eigenvalue weighted by Gasteiger charge is -2.16. The molecule has 0 aliphatic heterocycles. The Kier molecular flexibility index (Phi) is 7.82. The van der Waals surface area contributed by atoms with Gasteiger partial charge in [-0.15, -0.1) is 0 Å². The van der Waals surface area contributed by atoms with Crippen LogP contribution in [0.25, 0.3) is 0 Å². The summed E-state index contributed by atoms with van der Waals surface area (Å²) in [5, 5.41) is 13.6. The van der Waals surface area contributed by atoms with Gasteiger partial charge >= 0.3 is 0 Å². The second-order valence-corrected chi connectivity index (χ2v) is 4.78. The molecule has 0 heterocycles. The standard InChI is InChI=1S/C14H22ClNO3/c1-3-18-11(2)8-16-9-13(17)10-19-14-6-4-12(15)5-7-14/h4-7,11,13,16-17H,3,8-10H2,1-2H3. The first-order valence-corrected chi connectivity index (χ1v) is 6.88. The van der Waals surface area contributed by atoms with Crippen LogP contribution in [0.2, 0.25) is 5.02 Å². The fourth-order valence-corrected chi connectivity index (χ4v) is 1.70. The molecule has 19 heavy (non-hydrogen) atoms. The van der Waals surface area contributed by atoms with Crippen molar-refractivity contribution in [2.24, 2.45) is 0 Å². The summed E-state index contributed by atoms with van der Waals surface area (Å²) in [6.07, 6.45) is -0.404. The number of hydrogen-bond donors (Lipinski definition) is 2. The molecule has 2 atom stereocenters. The Morgan fingerprint density at radius 3 is 2.58 bits per heavy atom. The second kappa shape index (κ2) is 9.15. The molecular weight excluding hydrogens is 266 g/mol. The number of nitrogens with one attached hydrogen (secondary N) is 1. The Bertz CT molecular complexity index is 345. The summed E-state index contributed by atoms with van der Waals surface area (Å²) in [6, 6.07) is 7.07. The number of aliphatic hydroxyl groups is 1. The summed E-state index contributed by atoms with van der Waals surface area (Å²) < 4.78 is 10.8. The molecule has 0 saturated carbocycles. The van der Waals surface area contributed by atoms with Crippen LogP contribution in [0, 0.1) is 0 Å². The molecule has 2 N–H and O–H groups in total. The third kappa shape index (κ3) is 7.38. The maximum atomic E-state index is 9.75. The van der Waals surface area contributed by atoms with Gasteiger partial charge < -0.3 is 19.9 Å². The van der Waals surface area contributed by atoms with Crippen molar-refractivity contribution < 1.29 is 14.6 Å². The zero-order valence-electron chi connectivity index (χ0n) is 11.4. The van der Waals surface area contributed by atoms with Crippen molar-refractivity contribution in [3.63, 3.8) is 0 Å². The van der Waals surface area contributed by atoms with Gasteiger partial charge in [0, 0.05) is 24.7 Å². The molecule has 0 aliphatic rings. The van der Waals surface area contributed by atoms with E-state index >= 15 is 0 Å². The summed E-state index contributed by atoms with van der Waals surface area (Å²) in [4.78, 5) is 0. The van der Waals surface area contributed by atoms with E-state index in [1.807, 2.05) is 13.8 Å². The molecule has 0 bridgehead atoms. The predicted molar refractivity (Wildman–Crippen MR) is 76.9 cm³/mol. The Morgan fingerprint density at radius 1 is 1.26 bits per heavy atom. The van der Waals surface area contributed by atoms with Gasteiger partial charge in [0.2, 0.25) is 0 Å². The van der Waals surface area contributed by atoms with E-state index in [2.05, 4.69) is 5.32 Å².